The number of hydrogen-bond donors (Lipinski definition) is 1. The van der Waals surface area contributed by atoms with Crippen molar-refractivity contribution in [3.63, 3.8) is 0 Å². The predicted molar refractivity (Wildman–Crippen MR) is 86.1 cm³/mol. The molecule has 2 heterocycles. The standard InChI is InChI=1S/C15H16N6O2/c1-10-8-13(21-14(18-10)16-9-17-21)19-11-4-6-12(7-5-11)20(2)15(22)23-3/h4-9,19H,1-3H3. The van der Waals surface area contributed by atoms with Crippen LogP contribution in [0.2, 0.25) is 0 Å². The van der Waals surface area contributed by atoms with Crippen LogP contribution in [0.1, 0.15) is 5.69 Å². The SMILES string of the molecule is COC(=O)N(C)c1ccc(Nc2cc(C)nc3ncnn23)cc1. The molecule has 1 amide bonds. The summed E-state index contributed by atoms with van der Waals surface area (Å²) in [4.78, 5) is 21.3. The predicted octanol–water partition coefficient (Wildman–Crippen LogP) is 2.38. The Morgan fingerprint density at radius 1 is 1.30 bits per heavy atom. The van der Waals surface area contributed by atoms with E-state index in [1.54, 1.807) is 11.6 Å². The lowest BCUT2D eigenvalue weighted by atomic mass is 10.2. The van der Waals surface area contributed by atoms with E-state index in [4.69, 9.17) is 4.74 Å². The second-order valence-electron chi connectivity index (χ2n) is 4.96. The molecule has 8 nitrogen and oxygen atoms in total. The molecule has 0 spiro atoms. The van der Waals surface area contributed by atoms with Crippen molar-refractivity contribution in [2.24, 2.45) is 0 Å². The molecular weight excluding hydrogens is 296 g/mol. The highest BCUT2D eigenvalue weighted by atomic mass is 16.5. The maximum atomic E-state index is 11.5. The van der Waals surface area contributed by atoms with Crippen molar-refractivity contribution in [1.29, 1.82) is 0 Å². The highest BCUT2D eigenvalue weighted by Crippen LogP contribution is 2.21. The molecule has 0 radical (unpaired) electrons. The zero-order valence-electron chi connectivity index (χ0n) is 13.0. The minimum Gasteiger partial charge on any atom is -0.452 e. The van der Waals surface area contributed by atoms with E-state index in [1.165, 1.54) is 18.3 Å². The summed E-state index contributed by atoms with van der Waals surface area (Å²) in [5.41, 5.74) is 2.43. The third-order valence-corrected chi connectivity index (χ3v) is 3.36. The third kappa shape index (κ3) is 2.91. The topological polar surface area (TPSA) is 84.6 Å². The summed E-state index contributed by atoms with van der Waals surface area (Å²) in [5, 5.41) is 7.42. The first-order chi connectivity index (χ1) is 11.1. The molecule has 0 saturated heterocycles. The number of anilines is 3. The van der Waals surface area contributed by atoms with Crippen LogP contribution in [0.4, 0.5) is 22.0 Å². The largest absolute Gasteiger partial charge is 0.452 e. The zero-order valence-corrected chi connectivity index (χ0v) is 13.0. The van der Waals surface area contributed by atoms with E-state index in [9.17, 15) is 4.79 Å². The van der Waals surface area contributed by atoms with E-state index in [1.807, 2.05) is 37.3 Å². The first-order valence-electron chi connectivity index (χ1n) is 6.94. The van der Waals surface area contributed by atoms with Crippen LogP contribution in [-0.2, 0) is 4.74 Å². The Hall–Kier alpha value is -3.16. The van der Waals surface area contributed by atoms with Crippen LogP contribution in [0.3, 0.4) is 0 Å². The van der Waals surface area contributed by atoms with Gasteiger partial charge in [0.1, 0.15) is 12.1 Å². The minimum atomic E-state index is -0.417. The van der Waals surface area contributed by atoms with Gasteiger partial charge in [-0.1, -0.05) is 0 Å². The molecule has 1 aromatic carbocycles. The quantitative estimate of drug-likeness (QED) is 0.799. The molecule has 3 aromatic rings. The maximum Gasteiger partial charge on any atom is 0.413 e. The van der Waals surface area contributed by atoms with E-state index in [0.717, 1.165) is 22.9 Å². The summed E-state index contributed by atoms with van der Waals surface area (Å²) >= 11 is 0. The molecule has 118 valence electrons. The molecule has 0 bridgehead atoms. The van der Waals surface area contributed by atoms with Crippen molar-refractivity contribution in [3.05, 3.63) is 42.4 Å². The molecule has 23 heavy (non-hydrogen) atoms. The van der Waals surface area contributed by atoms with Crippen molar-refractivity contribution in [1.82, 2.24) is 19.6 Å². The van der Waals surface area contributed by atoms with E-state index in [0.29, 0.717) is 5.78 Å². The molecule has 0 aliphatic heterocycles. The smallest absolute Gasteiger partial charge is 0.413 e. The van der Waals surface area contributed by atoms with Crippen LogP contribution in [0, 0.1) is 6.92 Å². The number of nitrogens with one attached hydrogen (secondary N) is 1. The van der Waals surface area contributed by atoms with Crippen molar-refractivity contribution < 1.29 is 9.53 Å². The van der Waals surface area contributed by atoms with Gasteiger partial charge in [-0.05, 0) is 31.2 Å². The Morgan fingerprint density at radius 2 is 2.04 bits per heavy atom. The molecule has 0 saturated carbocycles. The fourth-order valence-corrected chi connectivity index (χ4v) is 2.18. The number of aromatic nitrogens is 4. The van der Waals surface area contributed by atoms with E-state index in [-0.39, 0.29) is 0 Å². The number of amides is 1. The van der Waals surface area contributed by atoms with Crippen LogP contribution in [0.15, 0.2) is 36.7 Å². The zero-order chi connectivity index (χ0) is 16.4. The summed E-state index contributed by atoms with van der Waals surface area (Å²) < 4.78 is 6.32. The molecule has 0 atom stereocenters. The number of rotatable bonds is 3. The second-order valence-corrected chi connectivity index (χ2v) is 4.96. The number of carbonyl (C=O) groups is 1. The second kappa shape index (κ2) is 5.91. The van der Waals surface area contributed by atoms with E-state index >= 15 is 0 Å². The van der Waals surface area contributed by atoms with E-state index < -0.39 is 6.09 Å². The number of hydrogen-bond acceptors (Lipinski definition) is 6. The van der Waals surface area contributed by atoms with Crippen molar-refractivity contribution in [3.8, 4) is 0 Å². The molecule has 0 unspecified atom stereocenters. The van der Waals surface area contributed by atoms with Gasteiger partial charge in [0.2, 0.25) is 0 Å². The van der Waals surface area contributed by atoms with Gasteiger partial charge < -0.3 is 10.1 Å². The maximum absolute atomic E-state index is 11.5. The number of benzene rings is 1. The summed E-state index contributed by atoms with van der Waals surface area (Å²) in [6, 6.07) is 9.27. The third-order valence-electron chi connectivity index (χ3n) is 3.36. The van der Waals surface area contributed by atoms with Crippen LogP contribution in [0.5, 0.6) is 0 Å². The average Bonchev–Trinajstić information content (AvgIpc) is 3.02. The molecule has 1 N–H and O–H groups in total. The van der Waals surface area contributed by atoms with Crippen molar-refractivity contribution >= 4 is 29.1 Å². The monoisotopic (exact) mass is 312 g/mol. The number of carbonyl (C=O) groups excluding carboxylic acids is 1. The Kier molecular flexibility index (Phi) is 3.80. The summed E-state index contributed by atoms with van der Waals surface area (Å²) in [6.45, 7) is 1.90. The molecular formula is C15H16N6O2. The molecule has 8 heteroatoms. The lowest BCUT2D eigenvalue weighted by molar-refractivity contribution is 0.180. The Bertz CT molecular complexity index is 843. The van der Waals surface area contributed by atoms with Gasteiger partial charge >= 0.3 is 6.09 Å². The Labute approximate surface area is 132 Å². The summed E-state index contributed by atoms with van der Waals surface area (Å²) in [7, 11) is 3.00. The van der Waals surface area contributed by atoms with Gasteiger partial charge in [-0.2, -0.15) is 14.6 Å². The van der Waals surface area contributed by atoms with Gasteiger partial charge in [-0.3, -0.25) is 4.90 Å². The van der Waals surface area contributed by atoms with Crippen molar-refractivity contribution in [2.45, 2.75) is 6.92 Å². The number of fused-ring (bicyclic) bond motifs is 1. The molecule has 2 aromatic heterocycles. The first-order valence-corrected chi connectivity index (χ1v) is 6.94. The van der Waals surface area contributed by atoms with Crippen LogP contribution >= 0.6 is 0 Å². The van der Waals surface area contributed by atoms with Gasteiger partial charge in [-0.25, -0.2) is 9.78 Å². The highest BCUT2D eigenvalue weighted by molar-refractivity contribution is 5.87. The number of methoxy groups -OCH3 is 1. The van der Waals surface area contributed by atoms with E-state index in [2.05, 4.69) is 20.4 Å². The molecule has 0 fully saturated rings. The Morgan fingerprint density at radius 3 is 2.74 bits per heavy atom. The van der Waals surface area contributed by atoms with Gasteiger partial charge in [0, 0.05) is 30.2 Å². The van der Waals surface area contributed by atoms with Crippen LogP contribution in [-0.4, -0.2) is 39.8 Å². The fraction of sp³-hybridized carbons (Fsp3) is 0.200. The Balaban J connectivity index is 1.85. The lowest BCUT2D eigenvalue weighted by Crippen LogP contribution is -2.25. The van der Waals surface area contributed by atoms with Gasteiger partial charge in [0.25, 0.3) is 5.78 Å². The molecule has 3 rings (SSSR count). The number of nitrogens with zero attached hydrogens (tertiary/aromatic N) is 5. The highest BCUT2D eigenvalue weighted by Gasteiger charge is 2.11. The minimum absolute atomic E-state index is 0.417. The average molecular weight is 312 g/mol. The van der Waals surface area contributed by atoms with Gasteiger partial charge in [-0.15, -0.1) is 0 Å². The fourth-order valence-electron chi connectivity index (χ4n) is 2.18. The van der Waals surface area contributed by atoms with Crippen molar-refractivity contribution in [2.75, 3.05) is 24.4 Å². The molecule has 0 aliphatic rings. The lowest BCUT2D eigenvalue weighted by Gasteiger charge is -2.16. The summed E-state index contributed by atoms with van der Waals surface area (Å²) in [5.74, 6) is 1.30. The van der Waals surface area contributed by atoms with Gasteiger partial charge in [0.05, 0.1) is 7.11 Å². The van der Waals surface area contributed by atoms with Gasteiger partial charge in [0.15, 0.2) is 0 Å². The van der Waals surface area contributed by atoms with Crippen LogP contribution in [0.25, 0.3) is 5.78 Å². The number of aryl methyl sites for hydroxylation is 1. The normalized spacial score (nSPS) is 10.6. The first kappa shape index (κ1) is 14.8. The van der Waals surface area contributed by atoms with Crippen LogP contribution < -0.4 is 10.2 Å². The summed E-state index contributed by atoms with van der Waals surface area (Å²) in [6.07, 6.45) is 1.04. The molecule has 0 aliphatic carbocycles. The number of ether oxygens (including phenoxy) is 1.